The zero-order chi connectivity index (χ0) is 24.4. The normalized spacial score (nSPS) is 21.8. The molecule has 35 heavy (non-hydrogen) atoms. The molecule has 3 aromatic rings. The van der Waals surface area contributed by atoms with E-state index in [2.05, 4.69) is 28.1 Å². The van der Waals surface area contributed by atoms with Crippen LogP contribution in [0, 0.1) is 5.92 Å². The van der Waals surface area contributed by atoms with Gasteiger partial charge in [0.1, 0.15) is 12.5 Å². The van der Waals surface area contributed by atoms with Crippen molar-refractivity contribution in [3.8, 4) is 0 Å². The second-order valence-electron chi connectivity index (χ2n) is 9.15. The Hall–Kier alpha value is -3.31. The van der Waals surface area contributed by atoms with Crippen LogP contribution in [0.4, 0.5) is 0 Å². The van der Waals surface area contributed by atoms with Crippen LogP contribution >= 0.6 is 15.9 Å². The number of Topliss-reactive ketones (excluding diaryl/α,β-unsaturated/α-hetero) is 1. The summed E-state index contributed by atoms with van der Waals surface area (Å²) in [6.45, 7) is 2.06. The summed E-state index contributed by atoms with van der Waals surface area (Å²) < 4.78 is 6.70. The van der Waals surface area contributed by atoms with Crippen LogP contribution in [0.25, 0.3) is 0 Å². The number of rotatable bonds is 5. The minimum Gasteiger partial charge on any atom is -0.460 e. The Kier molecular flexibility index (Phi) is 6.78. The van der Waals surface area contributed by atoms with Crippen LogP contribution in [-0.4, -0.2) is 17.5 Å². The number of ether oxygens (including phenoxy) is 1. The highest BCUT2D eigenvalue weighted by molar-refractivity contribution is 9.10. The van der Waals surface area contributed by atoms with E-state index in [1.54, 1.807) is 0 Å². The lowest BCUT2D eigenvalue weighted by Crippen LogP contribution is -2.38. The van der Waals surface area contributed by atoms with Crippen molar-refractivity contribution < 1.29 is 14.3 Å². The third-order valence-corrected chi connectivity index (χ3v) is 7.40. The molecule has 0 fully saturated rings. The molecule has 0 N–H and O–H groups in total. The Labute approximate surface area is 213 Å². The number of carbonyl (C=O) groups is 2. The van der Waals surface area contributed by atoms with E-state index < -0.39 is 11.8 Å². The van der Waals surface area contributed by atoms with Gasteiger partial charge in [-0.15, -0.1) is 0 Å². The van der Waals surface area contributed by atoms with Crippen molar-refractivity contribution in [1.29, 1.82) is 0 Å². The molecule has 0 saturated heterocycles. The van der Waals surface area contributed by atoms with Gasteiger partial charge in [-0.25, -0.2) is 0 Å². The molecule has 5 rings (SSSR count). The first-order chi connectivity index (χ1) is 17.0. The average molecular weight is 528 g/mol. The first-order valence-electron chi connectivity index (χ1n) is 11.8. The molecule has 0 amide bonds. The lowest BCUT2D eigenvalue weighted by molar-refractivity contribution is -0.148. The highest BCUT2D eigenvalue weighted by atomic mass is 79.9. The summed E-state index contributed by atoms with van der Waals surface area (Å²) in [4.78, 5) is 31.9. The van der Waals surface area contributed by atoms with Crippen LogP contribution < -0.4 is 0 Å². The molecule has 1 aliphatic heterocycles. The van der Waals surface area contributed by atoms with Crippen molar-refractivity contribution in [1.82, 2.24) is 0 Å². The number of nitrogens with zero attached hydrogens (tertiary/aromatic N) is 1. The van der Waals surface area contributed by atoms with E-state index in [1.165, 1.54) is 0 Å². The lowest BCUT2D eigenvalue weighted by Gasteiger charge is -2.36. The van der Waals surface area contributed by atoms with E-state index in [0.717, 1.165) is 26.9 Å². The monoisotopic (exact) mass is 527 g/mol. The Balaban J connectivity index is 1.51. The van der Waals surface area contributed by atoms with Gasteiger partial charge in [-0.05, 0) is 48.1 Å². The Morgan fingerprint density at radius 3 is 2.26 bits per heavy atom. The van der Waals surface area contributed by atoms with E-state index in [-0.39, 0.29) is 24.3 Å². The van der Waals surface area contributed by atoms with Gasteiger partial charge in [-0.1, -0.05) is 88.7 Å². The van der Waals surface area contributed by atoms with Gasteiger partial charge in [-0.2, -0.15) is 0 Å². The average Bonchev–Trinajstić information content (AvgIpc) is 2.88. The van der Waals surface area contributed by atoms with Crippen molar-refractivity contribution in [3.63, 3.8) is 0 Å². The van der Waals surface area contributed by atoms with Gasteiger partial charge in [0, 0.05) is 33.8 Å². The largest absolute Gasteiger partial charge is 0.460 e. The van der Waals surface area contributed by atoms with Gasteiger partial charge in [0.05, 0.1) is 0 Å². The standard InChI is InChI=1S/C30H26BrNO3/c1-19-27(30(34)35-18-20-8-4-2-5-9-20)28(22-12-14-24(31)15-13-22)29-25(32-19)16-23(17-26(29)33)21-10-6-3-7-11-21/h2-15,23,27-28H,16-18H2,1H3/t23-,27?,28+/m0/s1. The molecular formula is C30H26BrNO3. The number of aliphatic imine (C=N–C) groups is 1. The Morgan fingerprint density at radius 2 is 1.57 bits per heavy atom. The molecule has 1 unspecified atom stereocenters. The molecule has 0 radical (unpaired) electrons. The second kappa shape index (κ2) is 10.1. The fourth-order valence-corrected chi connectivity index (χ4v) is 5.44. The maximum absolute atomic E-state index is 13.6. The lowest BCUT2D eigenvalue weighted by atomic mass is 9.69. The minimum atomic E-state index is -0.643. The number of carbonyl (C=O) groups excluding carboxylic acids is 2. The van der Waals surface area contributed by atoms with Crippen molar-refractivity contribution in [2.75, 3.05) is 0 Å². The molecule has 0 aromatic heterocycles. The van der Waals surface area contributed by atoms with E-state index in [9.17, 15) is 9.59 Å². The molecule has 0 bridgehead atoms. The smallest absolute Gasteiger partial charge is 0.315 e. The summed E-state index contributed by atoms with van der Waals surface area (Å²) in [5.74, 6) is -1.26. The third kappa shape index (κ3) is 4.92. The van der Waals surface area contributed by atoms with Gasteiger partial charge in [0.25, 0.3) is 0 Å². The summed E-state index contributed by atoms with van der Waals surface area (Å²) in [6, 6.07) is 27.6. The number of hydrogen-bond donors (Lipinski definition) is 0. The highest BCUT2D eigenvalue weighted by Gasteiger charge is 2.44. The summed E-state index contributed by atoms with van der Waals surface area (Å²) in [5, 5.41) is 0. The van der Waals surface area contributed by atoms with Crippen LogP contribution in [0.15, 0.2) is 106 Å². The minimum absolute atomic E-state index is 0.0603. The van der Waals surface area contributed by atoms with E-state index >= 15 is 0 Å². The molecule has 1 heterocycles. The third-order valence-electron chi connectivity index (χ3n) is 6.87. The van der Waals surface area contributed by atoms with E-state index in [4.69, 9.17) is 9.73 Å². The highest BCUT2D eigenvalue weighted by Crippen LogP contribution is 2.47. The summed E-state index contributed by atoms with van der Waals surface area (Å²) in [7, 11) is 0. The van der Waals surface area contributed by atoms with E-state index in [1.807, 2.05) is 79.7 Å². The maximum Gasteiger partial charge on any atom is 0.315 e. The van der Waals surface area contributed by atoms with Crippen LogP contribution in [0.1, 0.15) is 48.3 Å². The molecule has 4 nitrogen and oxygen atoms in total. The van der Waals surface area contributed by atoms with Crippen LogP contribution in [-0.2, 0) is 20.9 Å². The van der Waals surface area contributed by atoms with Crippen molar-refractivity contribution in [2.45, 2.75) is 38.2 Å². The molecule has 0 spiro atoms. The van der Waals surface area contributed by atoms with Crippen molar-refractivity contribution in [2.24, 2.45) is 10.9 Å². The van der Waals surface area contributed by atoms with Crippen molar-refractivity contribution >= 4 is 33.4 Å². The molecule has 2 aliphatic rings. The first kappa shape index (κ1) is 23.4. The summed E-state index contributed by atoms with van der Waals surface area (Å²) >= 11 is 3.50. The number of hydrogen-bond acceptors (Lipinski definition) is 4. The molecule has 5 heteroatoms. The topological polar surface area (TPSA) is 55.7 Å². The van der Waals surface area contributed by atoms with Gasteiger partial charge in [0.15, 0.2) is 5.78 Å². The fraction of sp³-hybridized carbons (Fsp3) is 0.233. The molecule has 3 aromatic carbocycles. The SMILES string of the molecule is CC1=NC2=C(C(=O)C[C@@H](c3ccccc3)C2)[C@H](c2ccc(Br)cc2)C1C(=O)OCc1ccccc1. The number of ketones is 1. The Morgan fingerprint density at radius 1 is 0.914 bits per heavy atom. The quantitative estimate of drug-likeness (QED) is 0.344. The zero-order valence-corrected chi connectivity index (χ0v) is 21.1. The molecule has 1 aliphatic carbocycles. The number of halogens is 1. The van der Waals surface area contributed by atoms with E-state index in [0.29, 0.717) is 24.1 Å². The van der Waals surface area contributed by atoms with Gasteiger partial charge < -0.3 is 4.74 Å². The van der Waals surface area contributed by atoms with Gasteiger partial charge in [-0.3, -0.25) is 14.6 Å². The van der Waals surface area contributed by atoms with Gasteiger partial charge >= 0.3 is 5.97 Å². The maximum atomic E-state index is 13.6. The predicted octanol–water partition coefficient (Wildman–Crippen LogP) is 6.77. The molecular weight excluding hydrogens is 502 g/mol. The Bertz CT molecular complexity index is 1300. The summed E-state index contributed by atoms with van der Waals surface area (Å²) in [5.41, 5.74) is 5.13. The fourth-order valence-electron chi connectivity index (χ4n) is 5.17. The number of allylic oxidation sites excluding steroid dienone is 2. The predicted molar refractivity (Wildman–Crippen MR) is 140 cm³/mol. The van der Waals surface area contributed by atoms with Crippen LogP contribution in [0.5, 0.6) is 0 Å². The number of esters is 1. The first-order valence-corrected chi connectivity index (χ1v) is 12.6. The van der Waals surface area contributed by atoms with Gasteiger partial charge in [0.2, 0.25) is 0 Å². The molecule has 3 atom stereocenters. The zero-order valence-electron chi connectivity index (χ0n) is 19.5. The van der Waals surface area contributed by atoms with Crippen molar-refractivity contribution in [3.05, 3.63) is 117 Å². The molecule has 0 saturated carbocycles. The van der Waals surface area contributed by atoms with Crippen LogP contribution in [0.3, 0.4) is 0 Å². The second-order valence-corrected chi connectivity index (χ2v) is 10.1. The van der Waals surface area contributed by atoms with Crippen LogP contribution in [0.2, 0.25) is 0 Å². The molecule has 176 valence electrons. The number of benzene rings is 3. The summed E-state index contributed by atoms with van der Waals surface area (Å²) in [6.07, 6.45) is 1.09.